The highest BCUT2D eigenvalue weighted by molar-refractivity contribution is 7.11. The van der Waals surface area contributed by atoms with Gasteiger partial charge in [0.25, 0.3) is 0 Å². The van der Waals surface area contributed by atoms with Gasteiger partial charge in [0.1, 0.15) is 0 Å². The minimum absolute atomic E-state index is 0.162. The van der Waals surface area contributed by atoms with Crippen molar-refractivity contribution in [1.29, 1.82) is 0 Å². The number of aliphatic hydroxyl groups excluding tert-OH is 1. The van der Waals surface area contributed by atoms with E-state index in [-0.39, 0.29) is 17.4 Å². The second kappa shape index (κ2) is 7.04. The van der Waals surface area contributed by atoms with Crippen LogP contribution in [-0.2, 0) is 6.54 Å². The van der Waals surface area contributed by atoms with Crippen LogP contribution >= 0.6 is 11.3 Å². The zero-order valence-corrected chi connectivity index (χ0v) is 13.7. The minimum atomic E-state index is -0.452. The summed E-state index contributed by atoms with van der Waals surface area (Å²) in [4.78, 5) is 16.9. The van der Waals surface area contributed by atoms with Gasteiger partial charge in [-0.05, 0) is 12.8 Å². The van der Waals surface area contributed by atoms with E-state index in [1.54, 1.807) is 17.5 Å². The quantitative estimate of drug-likeness (QED) is 0.754. The van der Waals surface area contributed by atoms with Gasteiger partial charge in [-0.2, -0.15) is 0 Å². The van der Waals surface area contributed by atoms with Gasteiger partial charge >= 0.3 is 6.03 Å². The Balaban J connectivity index is 2.36. The molecular formula is C14H25N3O2S. The highest BCUT2D eigenvalue weighted by Gasteiger charge is 2.30. The summed E-state index contributed by atoms with van der Waals surface area (Å²) < 4.78 is 0. The first kappa shape index (κ1) is 16.9. The van der Waals surface area contributed by atoms with Crippen molar-refractivity contribution in [3.63, 3.8) is 0 Å². The maximum absolute atomic E-state index is 11.7. The monoisotopic (exact) mass is 299 g/mol. The molecule has 0 saturated heterocycles. The van der Waals surface area contributed by atoms with Crippen molar-refractivity contribution in [1.82, 2.24) is 15.6 Å². The van der Waals surface area contributed by atoms with Crippen LogP contribution in [0, 0.1) is 18.3 Å². The number of carbonyl (C=O) groups is 1. The van der Waals surface area contributed by atoms with Crippen LogP contribution in [0.1, 0.15) is 37.6 Å². The Bertz CT molecular complexity index is 443. The van der Waals surface area contributed by atoms with Crippen LogP contribution in [0.5, 0.6) is 0 Å². The van der Waals surface area contributed by atoms with Crippen LogP contribution in [0.15, 0.2) is 6.20 Å². The third-order valence-electron chi connectivity index (χ3n) is 3.23. The van der Waals surface area contributed by atoms with Gasteiger partial charge in [0.15, 0.2) is 0 Å². The molecule has 0 aliphatic heterocycles. The lowest BCUT2D eigenvalue weighted by atomic mass is 9.81. The molecule has 1 heterocycles. The Hall–Kier alpha value is -1.14. The van der Waals surface area contributed by atoms with E-state index in [0.29, 0.717) is 13.1 Å². The largest absolute Gasteiger partial charge is 0.392 e. The SMILES string of the molecule is Cc1ncc(CNC(=O)NCC(C)(C)[C@@H](O)C(C)C)s1. The molecule has 20 heavy (non-hydrogen) atoms. The first-order valence-electron chi connectivity index (χ1n) is 6.83. The molecule has 0 radical (unpaired) electrons. The van der Waals surface area contributed by atoms with Crippen LogP contribution in [0.3, 0.4) is 0 Å². The van der Waals surface area contributed by atoms with Gasteiger partial charge in [-0.15, -0.1) is 11.3 Å². The van der Waals surface area contributed by atoms with Crippen LogP contribution in [0.2, 0.25) is 0 Å². The summed E-state index contributed by atoms with van der Waals surface area (Å²) in [5.41, 5.74) is -0.355. The Kier molecular flexibility index (Phi) is 5.95. The van der Waals surface area contributed by atoms with Gasteiger partial charge in [-0.3, -0.25) is 0 Å². The van der Waals surface area contributed by atoms with Gasteiger partial charge in [0.2, 0.25) is 0 Å². The van der Waals surface area contributed by atoms with Crippen molar-refractivity contribution in [3.05, 3.63) is 16.1 Å². The van der Waals surface area contributed by atoms with Gasteiger partial charge < -0.3 is 15.7 Å². The van der Waals surface area contributed by atoms with E-state index >= 15 is 0 Å². The highest BCUT2D eigenvalue weighted by Crippen LogP contribution is 2.24. The van der Waals surface area contributed by atoms with Crippen molar-refractivity contribution < 1.29 is 9.90 Å². The summed E-state index contributed by atoms with van der Waals surface area (Å²) >= 11 is 1.57. The van der Waals surface area contributed by atoms with E-state index in [2.05, 4.69) is 15.6 Å². The molecule has 2 amide bonds. The first-order chi connectivity index (χ1) is 9.22. The molecule has 3 N–H and O–H groups in total. The lowest BCUT2D eigenvalue weighted by molar-refractivity contribution is 0.0151. The van der Waals surface area contributed by atoms with E-state index in [1.165, 1.54) is 0 Å². The molecule has 0 saturated carbocycles. The molecule has 0 bridgehead atoms. The zero-order valence-electron chi connectivity index (χ0n) is 12.9. The Labute approximate surface area is 124 Å². The number of thiazole rings is 1. The van der Waals surface area contributed by atoms with E-state index in [1.807, 2.05) is 34.6 Å². The lowest BCUT2D eigenvalue weighted by Crippen LogP contribution is -2.46. The second-order valence-electron chi connectivity index (χ2n) is 6.06. The number of aromatic nitrogens is 1. The summed E-state index contributed by atoms with van der Waals surface area (Å²) in [6.45, 7) is 10.7. The highest BCUT2D eigenvalue weighted by atomic mass is 32.1. The number of hydrogen-bond acceptors (Lipinski definition) is 4. The van der Waals surface area contributed by atoms with E-state index in [9.17, 15) is 9.90 Å². The number of hydrogen-bond donors (Lipinski definition) is 3. The van der Waals surface area contributed by atoms with Crippen LogP contribution < -0.4 is 10.6 Å². The average molecular weight is 299 g/mol. The molecule has 6 heteroatoms. The third-order valence-corrected chi connectivity index (χ3v) is 4.14. The molecule has 0 unspecified atom stereocenters. The maximum Gasteiger partial charge on any atom is 0.315 e. The molecular weight excluding hydrogens is 274 g/mol. The topological polar surface area (TPSA) is 74.2 Å². The van der Waals surface area contributed by atoms with Crippen molar-refractivity contribution in [3.8, 4) is 0 Å². The third kappa shape index (κ3) is 5.09. The standard InChI is InChI=1S/C14H25N3O2S/c1-9(2)12(18)14(4,5)8-17-13(19)16-7-11-6-15-10(3)20-11/h6,9,12,18H,7-8H2,1-5H3,(H2,16,17,19)/t12-/m0/s1. The summed E-state index contributed by atoms with van der Waals surface area (Å²) in [6.07, 6.45) is 1.32. The number of amides is 2. The van der Waals surface area contributed by atoms with Crippen LogP contribution in [0.4, 0.5) is 4.79 Å². The van der Waals surface area contributed by atoms with E-state index in [0.717, 1.165) is 9.88 Å². The number of urea groups is 1. The number of aryl methyl sites for hydroxylation is 1. The molecule has 1 aromatic rings. The number of aliphatic hydroxyl groups is 1. The van der Waals surface area contributed by atoms with Crippen molar-refractivity contribution in [2.75, 3.05) is 6.54 Å². The minimum Gasteiger partial charge on any atom is -0.392 e. The molecule has 1 atom stereocenters. The van der Waals surface area contributed by atoms with E-state index < -0.39 is 6.10 Å². The smallest absolute Gasteiger partial charge is 0.315 e. The number of nitrogens with zero attached hydrogens (tertiary/aromatic N) is 1. The summed E-state index contributed by atoms with van der Waals surface area (Å²) in [7, 11) is 0. The molecule has 0 fully saturated rings. The molecule has 114 valence electrons. The van der Waals surface area contributed by atoms with E-state index in [4.69, 9.17) is 0 Å². The second-order valence-corrected chi connectivity index (χ2v) is 7.38. The summed E-state index contributed by atoms with van der Waals surface area (Å²) in [5.74, 6) is 0.162. The van der Waals surface area contributed by atoms with Crippen molar-refractivity contribution in [2.45, 2.75) is 47.3 Å². The summed E-state index contributed by atoms with van der Waals surface area (Å²) in [6, 6.07) is -0.222. The molecule has 0 aromatic carbocycles. The fourth-order valence-electron chi connectivity index (χ4n) is 2.03. The van der Waals surface area contributed by atoms with Crippen LogP contribution in [0.25, 0.3) is 0 Å². The molecule has 0 aliphatic rings. The van der Waals surface area contributed by atoms with Crippen LogP contribution in [-0.4, -0.2) is 28.8 Å². The zero-order chi connectivity index (χ0) is 15.3. The molecule has 1 rings (SSSR count). The molecule has 1 aromatic heterocycles. The predicted molar refractivity (Wildman–Crippen MR) is 81.7 cm³/mol. The lowest BCUT2D eigenvalue weighted by Gasteiger charge is -2.33. The molecule has 5 nitrogen and oxygen atoms in total. The van der Waals surface area contributed by atoms with Gasteiger partial charge in [0, 0.05) is 23.0 Å². The van der Waals surface area contributed by atoms with Gasteiger partial charge in [0.05, 0.1) is 17.7 Å². The molecule has 0 aliphatic carbocycles. The van der Waals surface area contributed by atoms with Gasteiger partial charge in [-0.1, -0.05) is 27.7 Å². The maximum atomic E-state index is 11.7. The normalized spacial score (nSPS) is 13.3. The van der Waals surface area contributed by atoms with Crippen molar-refractivity contribution in [2.24, 2.45) is 11.3 Å². The Morgan fingerprint density at radius 3 is 2.60 bits per heavy atom. The number of nitrogens with one attached hydrogen (secondary N) is 2. The van der Waals surface area contributed by atoms with Crippen molar-refractivity contribution >= 4 is 17.4 Å². The predicted octanol–water partition coefficient (Wildman–Crippen LogP) is 2.29. The Morgan fingerprint density at radius 2 is 2.10 bits per heavy atom. The number of rotatable bonds is 6. The average Bonchev–Trinajstić information content (AvgIpc) is 2.78. The summed E-state index contributed by atoms with van der Waals surface area (Å²) in [5, 5.41) is 16.7. The first-order valence-corrected chi connectivity index (χ1v) is 7.65. The Morgan fingerprint density at radius 1 is 1.45 bits per heavy atom. The fraction of sp³-hybridized carbons (Fsp3) is 0.714. The van der Waals surface area contributed by atoms with Gasteiger partial charge in [-0.25, -0.2) is 9.78 Å². The number of carbonyl (C=O) groups excluding carboxylic acids is 1. The fourth-order valence-corrected chi connectivity index (χ4v) is 2.77. The molecule has 0 spiro atoms.